The van der Waals surface area contributed by atoms with Gasteiger partial charge in [0.25, 0.3) is 0 Å². The number of ether oxygens (including phenoxy) is 1. The number of amides is 2. The van der Waals surface area contributed by atoms with E-state index in [-0.39, 0.29) is 16.9 Å². The maximum Gasteiger partial charge on any atom is 0.410 e. The number of hydrogen-bond acceptors (Lipinski definition) is 6. The first-order valence-electron chi connectivity index (χ1n) is 11.2. The Kier molecular flexibility index (Phi) is 7.37. The monoisotopic (exact) mass is 465 g/mol. The van der Waals surface area contributed by atoms with Gasteiger partial charge in [-0.05, 0) is 70.2 Å². The molecule has 0 aliphatic carbocycles. The number of carbonyl (C=O) groups is 2. The lowest BCUT2D eigenvalue weighted by Gasteiger charge is -2.37. The molecule has 8 nitrogen and oxygen atoms in total. The van der Waals surface area contributed by atoms with Crippen LogP contribution in [0.5, 0.6) is 0 Å². The molecule has 0 bridgehead atoms. The quantitative estimate of drug-likeness (QED) is 0.665. The highest BCUT2D eigenvalue weighted by Gasteiger charge is 2.29. The summed E-state index contributed by atoms with van der Waals surface area (Å²) in [7, 11) is -3.23. The van der Waals surface area contributed by atoms with Crippen molar-refractivity contribution in [1.82, 2.24) is 9.80 Å². The van der Waals surface area contributed by atoms with E-state index in [2.05, 4.69) is 0 Å². The van der Waals surface area contributed by atoms with Crippen LogP contribution in [0.4, 0.5) is 10.5 Å². The SMILES string of the molecule is CC(C)(C)OC(=O)N1CCC(CCN2CCN(c3ccc(S(C)(=O)=O)cc3)CC2=O)CC1. The van der Waals surface area contributed by atoms with E-state index in [4.69, 9.17) is 4.74 Å². The predicted octanol–water partition coefficient (Wildman–Crippen LogP) is 2.78. The highest BCUT2D eigenvalue weighted by molar-refractivity contribution is 7.90. The number of hydrogen-bond donors (Lipinski definition) is 0. The average molecular weight is 466 g/mol. The minimum Gasteiger partial charge on any atom is -0.444 e. The Balaban J connectivity index is 1.43. The molecule has 2 heterocycles. The molecule has 0 radical (unpaired) electrons. The summed E-state index contributed by atoms with van der Waals surface area (Å²) in [5.41, 5.74) is 0.381. The van der Waals surface area contributed by atoms with Gasteiger partial charge in [-0.1, -0.05) is 0 Å². The normalized spacial score (nSPS) is 18.8. The van der Waals surface area contributed by atoms with E-state index in [1.807, 2.05) is 30.6 Å². The Morgan fingerprint density at radius 2 is 1.69 bits per heavy atom. The molecule has 2 saturated heterocycles. The van der Waals surface area contributed by atoms with Crippen molar-refractivity contribution >= 4 is 27.5 Å². The lowest BCUT2D eigenvalue weighted by molar-refractivity contribution is -0.131. The van der Waals surface area contributed by atoms with E-state index in [9.17, 15) is 18.0 Å². The number of likely N-dealkylation sites (tertiary alicyclic amines) is 1. The van der Waals surface area contributed by atoms with E-state index in [1.165, 1.54) is 6.26 Å². The summed E-state index contributed by atoms with van der Waals surface area (Å²) in [6, 6.07) is 6.70. The summed E-state index contributed by atoms with van der Waals surface area (Å²) in [5, 5.41) is 0. The summed E-state index contributed by atoms with van der Waals surface area (Å²) in [6.45, 7) is 9.43. The Morgan fingerprint density at radius 1 is 1.06 bits per heavy atom. The van der Waals surface area contributed by atoms with Crippen LogP contribution in [0.1, 0.15) is 40.0 Å². The topological polar surface area (TPSA) is 87.2 Å². The van der Waals surface area contributed by atoms with Crippen LogP contribution < -0.4 is 4.90 Å². The van der Waals surface area contributed by atoms with Crippen LogP contribution in [0, 0.1) is 5.92 Å². The lowest BCUT2D eigenvalue weighted by atomic mass is 9.93. The molecule has 178 valence electrons. The van der Waals surface area contributed by atoms with Gasteiger partial charge in [0.1, 0.15) is 5.60 Å². The fraction of sp³-hybridized carbons (Fsp3) is 0.652. The second-order valence-corrected chi connectivity index (χ2v) is 11.8. The number of nitrogens with zero attached hydrogens (tertiary/aromatic N) is 3. The van der Waals surface area contributed by atoms with Crippen molar-refractivity contribution in [2.45, 2.75) is 50.5 Å². The predicted molar refractivity (Wildman–Crippen MR) is 123 cm³/mol. The minimum absolute atomic E-state index is 0.0923. The van der Waals surface area contributed by atoms with E-state index in [0.717, 1.165) is 38.0 Å². The van der Waals surface area contributed by atoms with Crippen LogP contribution in [-0.4, -0.2) is 81.3 Å². The molecule has 0 saturated carbocycles. The molecule has 2 aliphatic rings. The van der Waals surface area contributed by atoms with Gasteiger partial charge in [-0.25, -0.2) is 13.2 Å². The standard InChI is InChI=1S/C23H35N3O5S/c1-23(2,3)31-22(28)25-13-10-18(11-14-25)9-12-24-15-16-26(17-21(24)27)19-5-7-20(8-6-19)32(4,29)30/h5-8,18H,9-17H2,1-4H3. The van der Waals surface area contributed by atoms with Crippen molar-refractivity contribution in [1.29, 1.82) is 0 Å². The fourth-order valence-electron chi connectivity index (χ4n) is 4.14. The number of piperazine rings is 1. The molecule has 2 aliphatic heterocycles. The van der Waals surface area contributed by atoms with Crippen molar-refractivity contribution in [2.24, 2.45) is 5.92 Å². The fourth-order valence-corrected chi connectivity index (χ4v) is 4.77. The largest absolute Gasteiger partial charge is 0.444 e. The third-order valence-electron chi connectivity index (χ3n) is 6.02. The third-order valence-corrected chi connectivity index (χ3v) is 7.15. The summed E-state index contributed by atoms with van der Waals surface area (Å²) in [4.78, 5) is 30.8. The third kappa shape index (κ3) is 6.60. The van der Waals surface area contributed by atoms with E-state index < -0.39 is 15.4 Å². The molecule has 0 unspecified atom stereocenters. The molecule has 0 atom stereocenters. The van der Waals surface area contributed by atoms with Crippen LogP contribution in [0.25, 0.3) is 0 Å². The molecular formula is C23H35N3O5S. The van der Waals surface area contributed by atoms with Gasteiger partial charge in [0.15, 0.2) is 9.84 Å². The molecule has 0 spiro atoms. The average Bonchev–Trinajstić information content (AvgIpc) is 2.71. The Bertz CT molecular complexity index is 916. The van der Waals surface area contributed by atoms with Crippen LogP contribution in [0.2, 0.25) is 0 Å². The van der Waals surface area contributed by atoms with Gasteiger partial charge >= 0.3 is 6.09 Å². The molecule has 3 rings (SSSR count). The second kappa shape index (κ2) is 9.68. The van der Waals surface area contributed by atoms with Crippen molar-refractivity contribution in [3.8, 4) is 0 Å². The smallest absolute Gasteiger partial charge is 0.410 e. The zero-order chi connectivity index (χ0) is 23.5. The molecule has 0 aromatic heterocycles. The number of piperidine rings is 1. The Hall–Kier alpha value is -2.29. The van der Waals surface area contributed by atoms with Crippen molar-refractivity contribution < 1.29 is 22.7 Å². The number of anilines is 1. The van der Waals surface area contributed by atoms with Crippen LogP contribution in [-0.2, 0) is 19.4 Å². The van der Waals surface area contributed by atoms with Gasteiger partial charge in [0.2, 0.25) is 5.91 Å². The highest BCUT2D eigenvalue weighted by atomic mass is 32.2. The molecule has 9 heteroatoms. The van der Waals surface area contributed by atoms with Crippen LogP contribution >= 0.6 is 0 Å². The lowest BCUT2D eigenvalue weighted by Crippen LogP contribution is -2.51. The maximum absolute atomic E-state index is 12.7. The Morgan fingerprint density at radius 3 is 2.22 bits per heavy atom. The van der Waals surface area contributed by atoms with Crippen molar-refractivity contribution in [3.63, 3.8) is 0 Å². The summed E-state index contributed by atoms with van der Waals surface area (Å²) < 4.78 is 28.7. The van der Waals surface area contributed by atoms with Gasteiger partial charge < -0.3 is 19.4 Å². The van der Waals surface area contributed by atoms with Gasteiger partial charge in [-0.2, -0.15) is 0 Å². The van der Waals surface area contributed by atoms with Gasteiger partial charge in [0.05, 0.1) is 11.4 Å². The molecule has 32 heavy (non-hydrogen) atoms. The van der Waals surface area contributed by atoms with Crippen LogP contribution in [0.15, 0.2) is 29.2 Å². The van der Waals surface area contributed by atoms with Gasteiger partial charge in [-0.15, -0.1) is 0 Å². The zero-order valence-corrected chi connectivity index (χ0v) is 20.4. The summed E-state index contributed by atoms with van der Waals surface area (Å²) >= 11 is 0. The number of benzene rings is 1. The molecule has 0 N–H and O–H groups in total. The first-order chi connectivity index (χ1) is 14.9. The van der Waals surface area contributed by atoms with Gasteiger partial charge in [-0.3, -0.25) is 4.79 Å². The van der Waals surface area contributed by atoms with E-state index >= 15 is 0 Å². The minimum atomic E-state index is -3.23. The first-order valence-corrected chi connectivity index (χ1v) is 13.1. The summed E-state index contributed by atoms with van der Waals surface area (Å²) in [6.07, 6.45) is 3.75. The maximum atomic E-state index is 12.7. The number of rotatable bonds is 5. The number of carbonyl (C=O) groups excluding carboxylic acids is 2. The summed E-state index contributed by atoms with van der Waals surface area (Å²) in [5.74, 6) is 0.595. The van der Waals surface area contributed by atoms with Crippen molar-refractivity contribution in [2.75, 3.05) is 50.4 Å². The van der Waals surface area contributed by atoms with Crippen LogP contribution in [0.3, 0.4) is 0 Å². The molecule has 1 aromatic carbocycles. The number of sulfone groups is 1. The highest BCUT2D eigenvalue weighted by Crippen LogP contribution is 2.24. The molecule has 2 fully saturated rings. The molecule has 2 amide bonds. The van der Waals surface area contributed by atoms with E-state index in [1.54, 1.807) is 29.2 Å². The van der Waals surface area contributed by atoms with E-state index in [0.29, 0.717) is 32.1 Å². The molecule has 1 aromatic rings. The molecular weight excluding hydrogens is 430 g/mol. The Labute approximate surface area is 191 Å². The van der Waals surface area contributed by atoms with Gasteiger partial charge in [0, 0.05) is 44.7 Å². The zero-order valence-electron chi connectivity index (χ0n) is 19.5. The first kappa shape index (κ1) is 24.4. The second-order valence-electron chi connectivity index (χ2n) is 9.77. The van der Waals surface area contributed by atoms with Crippen molar-refractivity contribution in [3.05, 3.63) is 24.3 Å².